The number of carbonyl (C=O) groups excluding carboxylic acids is 2. The molecule has 3 aromatic rings. The zero-order valence-corrected chi connectivity index (χ0v) is 15.3. The highest BCUT2D eigenvalue weighted by Crippen LogP contribution is 2.24. The Morgan fingerprint density at radius 2 is 1.74 bits per heavy atom. The van der Waals surface area contributed by atoms with Gasteiger partial charge in [-0.1, -0.05) is 30.3 Å². The monoisotopic (exact) mass is 359 g/mol. The summed E-state index contributed by atoms with van der Waals surface area (Å²) in [5, 5.41) is 2.78. The number of carbonyl (C=O) groups is 2. The van der Waals surface area contributed by atoms with Gasteiger partial charge in [-0.15, -0.1) is 0 Å². The fourth-order valence-electron chi connectivity index (χ4n) is 2.81. The van der Waals surface area contributed by atoms with E-state index < -0.39 is 0 Å². The highest BCUT2D eigenvalue weighted by atomic mass is 16.2. The summed E-state index contributed by atoms with van der Waals surface area (Å²) in [4.78, 5) is 30.3. The van der Waals surface area contributed by atoms with Gasteiger partial charge >= 0.3 is 0 Å². The summed E-state index contributed by atoms with van der Waals surface area (Å²) in [6, 6.07) is 20.5. The zero-order chi connectivity index (χ0) is 19.2. The molecule has 136 valence electrons. The Morgan fingerprint density at radius 1 is 0.963 bits per heavy atom. The highest BCUT2D eigenvalue weighted by Gasteiger charge is 2.11. The molecule has 0 fully saturated rings. The van der Waals surface area contributed by atoms with Crippen LogP contribution in [0.25, 0.3) is 0 Å². The number of nitrogens with zero attached hydrogens (tertiary/aromatic N) is 2. The maximum absolute atomic E-state index is 12.4. The quantitative estimate of drug-likeness (QED) is 0.648. The van der Waals surface area contributed by atoms with Crippen LogP contribution in [0.1, 0.15) is 34.7 Å². The van der Waals surface area contributed by atoms with Crippen LogP contribution in [0.3, 0.4) is 0 Å². The molecule has 3 rings (SSSR count). The van der Waals surface area contributed by atoms with Crippen LogP contribution in [0, 0.1) is 0 Å². The predicted molar refractivity (Wildman–Crippen MR) is 108 cm³/mol. The molecule has 2 aromatic carbocycles. The molecule has 0 spiro atoms. The fraction of sp³-hybridized carbons (Fsp3) is 0.136. The van der Waals surface area contributed by atoms with Crippen LogP contribution >= 0.6 is 0 Å². The van der Waals surface area contributed by atoms with Gasteiger partial charge in [0.05, 0.1) is 11.9 Å². The van der Waals surface area contributed by atoms with Crippen LogP contribution in [-0.4, -0.2) is 23.2 Å². The van der Waals surface area contributed by atoms with Crippen molar-refractivity contribution >= 4 is 28.8 Å². The smallest absolute Gasteiger partial charge is 0.274 e. The summed E-state index contributed by atoms with van der Waals surface area (Å²) in [5.41, 5.74) is 3.42. The number of hydrogen-bond donors (Lipinski definition) is 1. The number of Topliss-reactive ketones (excluding diaryl/α,β-unsaturated/α-hetero) is 1. The van der Waals surface area contributed by atoms with Gasteiger partial charge in [0.25, 0.3) is 5.91 Å². The Labute approximate surface area is 158 Å². The SMILES string of the molecule is CCN(c1ccccc1)c1ccc(C(=O)Nc2cccc(C(C)=O)c2)nc1. The molecule has 1 amide bonds. The number of pyridine rings is 1. The van der Waals surface area contributed by atoms with Crippen molar-refractivity contribution in [3.8, 4) is 0 Å². The predicted octanol–water partition coefficient (Wildman–Crippen LogP) is 4.69. The van der Waals surface area contributed by atoms with Crippen LogP contribution in [0.4, 0.5) is 17.1 Å². The molecule has 0 saturated carbocycles. The van der Waals surface area contributed by atoms with E-state index in [1.807, 2.05) is 36.4 Å². The first-order valence-electron chi connectivity index (χ1n) is 8.79. The standard InChI is InChI=1S/C22H21N3O2/c1-3-25(19-10-5-4-6-11-19)20-12-13-21(23-15-20)22(27)24-18-9-7-8-17(14-18)16(2)26/h4-15H,3H2,1-2H3,(H,24,27). The highest BCUT2D eigenvalue weighted by molar-refractivity contribution is 6.04. The Kier molecular flexibility index (Phi) is 5.61. The minimum absolute atomic E-state index is 0.0471. The fourth-order valence-corrected chi connectivity index (χ4v) is 2.81. The molecule has 1 N–H and O–H groups in total. The number of nitrogens with one attached hydrogen (secondary N) is 1. The molecule has 0 aliphatic heterocycles. The van der Waals surface area contributed by atoms with Gasteiger partial charge in [0.2, 0.25) is 0 Å². The van der Waals surface area contributed by atoms with Crippen LogP contribution in [0.15, 0.2) is 72.9 Å². The van der Waals surface area contributed by atoms with Crippen molar-refractivity contribution < 1.29 is 9.59 Å². The first-order chi connectivity index (χ1) is 13.1. The summed E-state index contributed by atoms with van der Waals surface area (Å²) >= 11 is 0. The van der Waals surface area contributed by atoms with Crippen molar-refractivity contribution in [1.82, 2.24) is 4.98 Å². The first-order valence-corrected chi connectivity index (χ1v) is 8.79. The molecule has 0 atom stereocenters. The van der Waals surface area contributed by atoms with E-state index in [0.717, 1.165) is 17.9 Å². The van der Waals surface area contributed by atoms with Gasteiger partial charge in [-0.2, -0.15) is 0 Å². The van der Waals surface area contributed by atoms with Crippen LogP contribution < -0.4 is 10.2 Å². The lowest BCUT2D eigenvalue weighted by Gasteiger charge is -2.22. The van der Waals surface area contributed by atoms with Crippen molar-refractivity contribution in [2.45, 2.75) is 13.8 Å². The topological polar surface area (TPSA) is 62.3 Å². The molecule has 0 radical (unpaired) electrons. The molecule has 5 heteroatoms. The lowest BCUT2D eigenvalue weighted by atomic mass is 10.1. The minimum atomic E-state index is -0.315. The third-order valence-corrected chi connectivity index (χ3v) is 4.20. The van der Waals surface area contributed by atoms with E-state index in [-0.39, 0.29) is 11.7 Å². The second kappa shape index (κ2) is 8.27. The van der Waals surface area contributed by atoms with E-state index in [1.54, 1.807) is 36.5 Å². The zero-order valence-electron chi connectivity index (χ0n) is 15.3. The molecule has 0 aliphatic rings. The number of hydrogen-bond acceptors (Lipinski definition) is 4. The molecule has 0 bridgehead atoms. The maximum atomic E-state index is 12.4. The van der Waals surface area contributed by atoms with Crippen molar-refractivity contribution in [2.24, 2.45) is 0 Å². The second-order valence-electron chi connectivity index (χ2n) is 6.07. The molecule has 0 saturated heterocycles. The van der Waals surface area contributed by atoms with Gasteiger partial charge in [-0.3, -0.25) is 9.59 Å². The third-order valence-electron chi connectivity index (χ3n) is 4.20. The van der Waals surface area contributed by atoms with Gasteiger partial charge in [-0.25, -0.2) is 4.98 Å². The number of rotatable bonds is 6. The molecular weight excluding hydrogens is 338 g/mol. The Morgan fingerprint density at radius 3 is 2.37 bits per heavy atom. The average Bonchev–Trinajstić information content (AvgIpc) is 2.70. The molecular formula is C22H21N3O2. The summed E-state index contributed by atoms with van der Waals surface area (Å²) in [6.45, 7) is 4.35. The summed E-state index contributed by atoms with van der Waals surface area (Å²) in [7, 11) is 0. The van der Waals surface area contributed by atoms with E-state index in [9.17, 15) is 9.59 Å². The van der Waals surface area contributed by atoms with E-state index in [0.29, 0.717) is 16.9 Å². The number of para-hydroxylation sites is 1. The lowest BCUT2D eigenvalue weighted by molar-refractivity contribution is 0.100. The molecule has 0 unspecified atom stereocenters. The van der Waals surface area contributed by atoms with E-state index in [1.165, 1.54) is 6.92 Å². The number of aromatic nitrogens is 1. The van der Waals surface area contributed by atoms with Gasteiger partial charge in [0.15, 0.2) is 5.78 Å². The molecule has 0 aliphatic carbocycles. The Balaban J connectivity index is 1.75. The van der Waals surface area contributed by atoms with Crippen LogP contribution in [0.2, 0.25) is 0 Å². The summed E-state index contributed by atoms with van der Waals surface area (Å²) in [5.74, 6) is -0.362. The first kappa shape index (κ1) is 18.3. The molecule has 5 nitrogen and oxygen atoms in total. The molecule has 1 heterocycles. The van der Waals surface area contributed by atoms with E-state index >= 15 is 0 Å². The number of amides is 1. The Bertz CT molecular complexity index is 937. The van der Waals surface area contributed by atoms with Crippen molar-refractivity contribution in [3.05, 3.63) is 84.2 Å². The van der Waals surface area contributed by atoms with Crippen molar-refractivity contribution in [1.29, 1.82) is 0 Å². The number of benzene rings is 2. The number of anilines is 3. The van der Waals surface area contributed by atoms with Crippen LogP contribution in [-0.2, 0) is 0 Å². The van der Waals surface area contributed by atoms with E-state index in [2.05, 4.69) is 22.1 Å². The van der Waals surface area contributed by atoms with Gasteiger partial charge < -0.3 is 10.2 Å². The summed E-state index contributed by atoms with van der Waals surface area (Å²) < 4.78 is 0. The maximum Gasteiger partial charge on any atom is 0.274 e. The average molecular weight is 359 g/mol. The van der Waals surface area contributed by atoms with Gasteiger partial charge in [0, 0.05) is 23.5 Å². The third kappa shape index (κ3) is 4.39. The number of ketones is 1. The second-order valence-corrected chi connectivity index (χ2v) is 6.07. The van der Waals surface area contributed by atoms with Crippen LogP contribution in [0.5, 0.6) is 0 Å². The normalized spacial score (nSPS) is 10.3. The van der Waals surface area contributed by atoms with Crippen molar-refractivity contribution in [2.75, 3.05) is 16.8 Å². The van der Waals surface area contributed by atoms with Gasteiger partial charge in [0.1, 0.15) is 5.69 Å². The largest absolute Gasteiger partial charge is 0.341 e. The van der Waals surface area contributed by atoms with Crippen molar-refractivity contribution in [3.63, 3.8) is 0 Å². The Hall–Kier alpha value is -3.47. The molecule has 1 aromatic heterocycles. The van der Waals surface area contributed by atoms with Gasteiger partial charge in [-0.05, 0) is 50.2 Å². The van der Waals surface area contributed by atoms with E-state index in [4.69, 9.17) is 0 Å². The molecule has 27 heavy (non-hydrogen) atoms. The summed E-state index contributed by atoms with van der Waals surface area (Å²) in [6.07, 6.45) is 1.69. The lowest BCUT2D eigenvalue weighted by Crippen LogP contribution is -2.18. The minimum Gasteiger partial charge on any atom is -0.341 e.